The molecule has 3 rings (SSSR count). The quantitative estimate of drug-likeness (QED) is 0.767. The fourth-order valence-electron chi connectivity index (χ4n) is 3.26. The molecule has 0 radical (unpaired) electrons. The lowest BCUT2D eigenvalue weighted by molar-refractivity contribution is 0.0526. The molecule has 1 aromatic heterocycles. The molecule has 2 aromatic rings. The lowest BCUT2D eigenvalue weighted by atomic mass is 10.1. The minimum atomic E-state index is -3.62. The van der Waals surface area contributed by atoms with Gasteiger partial charge in [-0.1, -0.05) is 0 Å². The van der Waals surface area contributed by atoms with Crippen LogP contribution in [0.15, 0.2) is 47.5 Å². The van der Waals surface area contributed by atoms with Gasteiger partial charge < -0.3 is 9.30 Å². The highest BCUT2D eigenvalue weighted by molar-refractivity contribution is 7.89. The van der Waals surface area contributed by atoms with E-state index in [2.05, 4.69) is 0 Å². The monoisotopic (exact) mass is 362 g/mol. The van der Waals surface area contributed by atoms with Gasteiger partial charge in [0, 0.05) is 25.5 Å². The molecule has 0 aliphatic carbocycles. The van der Waals surface area contributed by atoms with Crippen molar-refractivity contribution in [3.63, 3.8) is 0 Å². The topological polar surface area (TPSA) is 68.6 Å². The molecule has 0 unspecified atom stereocenters. The van der Waals surface area contributed by atoms with Gasteiger partial charge in [0.1, 0.15) is 0 Å². The van der Waals surface area contributed by atoms with Crippen molar-refractivity contribution in [2.75, 3.05) is 13.2 Å². The van der Waals surface area contributed by atoms with E-state index in [1.54, 1.807) is 11.2 Å². The van der Waals surface area contributed by atoms with E-state index in [9.17, 15) is 13.2 Å². The molecule has 6 nitrogen and oxygen atoms in total. The summed E-state index contributed by atoms with van der Waals surface area (Å²) >= 11 is 0. The van der Waals surface area contributed by atoms with Crippen molar-refractivity contribution < 1.29 is 17.9 Å². The van der Waals surface area contributed by atoms with Crippen molar-refractivity contribution in [3.05, 3.63) is 53.9 Å². The van der Waals surface area contributed by atoms with E-state index >= 15 is 0 Å². The SMILES string of the molecule is CCOC(=O)c1ccc(S(=O)(=O)N2CCC[C@H]2c2cccn2C)cc1. The zero-order valence-electron chi connectivity index (χ0n) is 14.4. The molecular weight excluding hydrogens is 340 g/mol. The summed E-state index contributed by atoms with van der Waals surface area (Å²) in [5, 5.41) is 0. The first kappa shape index (κ1) is 17.7. The first-order valence-electron chi connectivity index (χ1n) is 8.35. The summed E-state index contributed by atoms with van der Waals surface area (Å²) in [4.78, 5) is 11.9. The maximum absolute atomic E-state index is 13.1. The molecule has 2 heterocycles. The highest BCUT2D eigenvalue weighted by Gasteiger charge is 2.37. The number of hydrogen-bond acceptors (Lipinski definition) is 4. The van der Waals surface area contributed by atoms with Crippen LogP contribution in [0.2, 0.25) is 0 Å². The van der Waals surface area contributed by atoms with Crippen molar-refractivity contribution in [2.45, 2.75) is 30.7 Å². The number of hydrogen-bond donors (Lipinski definition) is 0. The maximum atomic E-state index is 13.1. The third-order valence-corrected chi connectivity index (χ3v) is 6.42. The summed E-state index contributed by atoms with van der Waals surface area (Å²) in [5.41, 5.74) is 1.34. The second kappa shape index (κ2) is 7.01. The van der Waals surface area contributed by atoms with Crippen LogP contribution in [-0.4, -0.2) is 36.4 Å². The molecule has 0 N–H and O–H groups in total. The van der Waals surface area contributed by atoms with Crippen LogP contribution in [0.1, 0.15) is 41.9 Å². The van der Waals surface area contributed by atoms with Gasteiger partial charge in [-0.15, -0.1) is 0 Å². The van der Waals surface area contributed by atoms with Gasteiger partial charge in [0.2, 0.25) is 10.0 Å². The Morgan fingerprint density at radius 3 is 2.56 bits per heavy atom. The lowest BCUT2D eigenvalue weighted by Crippen LogP contribution is -2.31. The average Bonchev–Trinajstić information content (AvgIpc) is 3.24. The number of aryl methyl sites for hydroxylation is 1. The molecular formula is C18H22N2O4S. The molecule has 0 saturated carbocycles. The van der Waals surface area contributed by atoms with Crippen molar-refractivity contribution >= 4 is 16.0 Å². The van der Waals surface area contributed by atoms with Crippen LogP contribution < -0.4 is 0 Å². The zero-order valence-corrected chi connectivity index (χ0v) is 15.2. The second-order valence-electron chi connectivity index (χ2n) is 6.06. The van der Waals surface area contributed by atoms with Gasteiger partial charge in [-0.25, -0.2) is 13.2 Å². The number of carbonyl (C=O) groups is 1. The fraction of sp³-hybridized carbons (Fsp3) is 0.389. The van der Waals surface area contributed by atoms with Gasteiger partial charge in [-0.3, -0.25) is 0 Å². The number of aromatic nitrogens is 1. The van der Waals surface area contributed by atoms with E-state index in [0.717, 1.165) is 18.5 Å². The molecule has 1 saturated heterocycles. The Balaban J connectivity index is 1.88. The standard InChI is InChI=1S/C18H22N2O4S/c1-3-24-18(21)14-8-10-15(11-9-14)25(22,23)20-13-5-7-17(20)16-6-4-12-19(16)2/h4,6,8-12,17H,3,5,7,13H2,1-2H3/t17-/m0/s1. The molecule has 1 aliphatic heterocycles. The van der Waals surface area contributed by atoms with Crippen LogP contribution in [0.5, 0.6) is 0 Å². The predicted octanol–water partition coefficient (Wildman–Crippen LogP) is 2.73. The van der Waals surface area contributed by atoms with Crippen LogP contribution in [0, 0.1) is 0 Å². The Bertz CT molecular complexity index is 855. The van der Waals surface area contributed by atoms with E-state index in [1.807, 2.05) is 29.9 Å². The van der Waals surface area contributed by atoms with Crippen LogP contribution >= 0.6 is 0 Å². The molecule has 25 heavy (non-hydrogen) atoms. The zero-order chi connectivity index (χ0) is 18.0. The molecule has 134 valence electrons. The average molecular weight is 362 g/mol. The molecule has 1 aliphatic rings. The molecule has 7 heteroatoms. The summed E-state index contributed by atoms with van der Waals surface area (Å²) < 4.78 is 34.6. The number of benzene rings is 1. The molecule has 0 spiro atoms. The summed E-state index contributed by atoms with van der Waals surface area (Å²) in [6.07, 6.45) is 3.56. The van der Waals surface area contributed by atoms with Crippen LogP contribution in [0.4, 0.5) is 0 Å². The largest absolute Gasteiger partial charge is 0.462 e. The van der Waals surface area contributed by atoms with E-state index in [-0.39, 0.29) is 17.5 Å². The van der Waals surface area contributed by atoms with Gasteiger partial charge in [0.05, 0.1) is 23.1 Å². The minimum absolute atomic E-state index is 0.158. The normalized spacial score (nSPS) is 18.4. The fourth-order valence-corrected chi connectivity index (χ4v) is 4.93. The molecule has 1 aromatic carbocycles. The Kier molecular flexibility index (Phi) is 4.96. The third kappa shape index (κ3) is 3.34. The van der Waals surface area contributed by atoms with Crippen molar-refractivity contribution in [2.24, 2.45) is 7.05 Å². The van der Waals surface area contributed by atoms with Gasteiger partial charge in [0.15, 0.2) is 0 Å². The molecule has 0 amide bonds. The van der Waals surface area contributed by atoms with Crippen molar-refractivity contribution in [3.8, 4) is 0 Å². The Morgan fingerprint density at radius 1 is 1.24 bits per heavy atom. The van der Waals surface area contributed by atoms with Crippen molar-refractivity contribution in [1.29, 1.82) is 0 Å². The smallest absolute Gasteiger partial charge is 0.338 e. The summed E-state index contributed by atoms with van der Waals surface area (Å²) in [7, 11) is -1.69. The highest BCUT2D eigenvalue weighted by atomic mass is 32.2. The van der Waals surface area contributed by atoms with Gasteiger partial charge in [0.25, 0.3) is 0 Å². The molecule has 0 bridgehead atoms. The lowest BCUT2D eigenvalue weighted by Gasteiger charge is -2.24. The maximum Gasteiger partial charge on any atom is 0.338 e. The number of rotatable bonds is 5. The number of carbonyl (C=O) groups excluding carboxylic acids is 1. The number of sulfonamides is 1. The Hall–Kier alpha value is -2.12. The van der Waals surface area contributed by atoms with Gasteiger partial charge >= 0.3 is 5.97 Å². The van der Waals surface area contributed by atoms with E-state index in [4.69, 9.17) is 4.74 Å². The third-order valence-electron chi connectivity index (χ3n) is 4.50. The highest BCUT2D eigenvalue weighted by Crippen LogP contribution is 2.36. The first-order chi connectivity index (χ1) is 11.9. The summed E-state index contributed by atoms with van der Waals surface area (Å²) in [5.74, 6) is -0.450. The van der Waals surface area contributed by atoms with Gasteiger partial charge in [-0.2, -0.15) is 4.31 Å². The Labute approximate surface area is 148 Å². The molecule has 1 fully saturated rings. The molecule has 1 atom stereocenters. The number of esters is 1. The summed E-state index contributed by atoms with van der Waals surface area (Å²) in [6, 6.07) is 9.67. The first-order valence-corrected chi connectivity index (χ1v) is 9.79. The predicted molar refractivity (Wildman–Crippen MR) is 93.7 cm³/mol. The van der Waals surface area contributed by atoms with Gasteiger partial charge in [-0.05, 0) is 56.2 Å². The summed E-state index contributed by atoms with van der Waals surface area (Å²) in [6.45, 7) is 2.51. The van der Waals surface area contributed by atoms with Crippen molar-refractivity contribution in [1.82, 2.24) is 8.87 Å². The van der Waals surface area contributed by atoms with Crippen LogP contribution in [0.25, 0.3) is 0 Å². The number of ether oxygens (including phenoxy) is 1. The van der Waals surface area contributed by atoms with E-state index < -0.39 is 16.0 Å². The van der Waals surface area contributed by atoms with Crippen LogP contribution in [0.3, 0.4) is 0 Å². The van der Waals surface area contributed by atoms with E-state index in [1.165, 1.54) is 24.3 Å². The van der Waals surface area contributed by atoms with Crippen LogP contribution in [-0.2, 0) is 21.8 Å². The van der Waals surface area contributed by atoms with E-state index in [0.29, 0.717) is 12.1 Å². The Morgan fingerprint density at radius 2 is 1.96 bits per heavy atom. The second-order valence-corrected chi connectivity index (χ2v) is 7.95. The number of nitrogens with zero attached hydrogens (tertiary/aromatic N) is 2. The minimum Gasteiger partial charge on any atom is -0.462 e.